The molecule has 1 aromatic heterocycles. The molecule has 0 unspecified atom stereocenters. The number of carbonyl (C=O) groups excluding carboxylic acids is 1. The molecule has 30 heavy (non-hydrogen) atoms. The van der Waals surface area contributed by atoms with Crippen LogP contribution in [0.3, 0.4) is 0 Å². The number of amides is 2. The summed E-state index contributed by atoms with van der Waals surface area (Å²) in [6, 6.07) is 10.7. The number of halogens is 1. The lowest BCUT2D eigenvalue weighted by atomic mass is 10.2. The topological polar surface area (TPSA) is 118 Å². The van der Waals surface area contributed by atoms with Crippen molar-refractivity contribution in [2.45, 2.75) is 31.5 Å². The first-order valence-electron chi connectivity index (χ1n) is 9.14. The molecule has 3 N–H and O–H groups in total. The fraction of sp³-hybridized carbons (Fsp3) is 0.211. The Labute approximate surface area is 173 Å². The van der Waals surface area contributed by atoms with Crippen molar-refractivity contribution in [3.05, 3.63) is 71.8 Å². The van der Waals surface area contributed by atoms with Gasteiger partial charge in [0.1, 0.15) is 5.82 Å². The molecule has 2 aromatic carbocycles. The molecule has 11 heteroatoms. The Morgan fingerprint density at radius 2 is 1.70 bits per heavy atom. The summed E-state index contributed by atoms with van der Waals surface area (Å²) in [6.45, 7) is 3.10. The van der Waals surface area contributed by atoms with E-state index in [1.165, 1.54) is 36.4 Å². The maximum absolute atomic E-state index is 13.0. The van der Waals surface area contributed by atoms with E-state index >= 15 is 0 Å². The summed E-state index contributed by atoms with van der Waals surface area (Å²) in [4.78, 5) is 12.0. The molecule has 0 atom stereocenters. The van der Waals surface area contributed by atoms with Gasteiger partial charge < -0.3 is 10.6 Å². The predicted octanol–water partition coefficient (Wildman–Crippen LogP) is 2.24. The molecule has 0 bridgehead atoms. The fourth-order valence-electron chi connectivity index (χ4n) is 2.62. The van der Waals surface area contributed by atoms with Crippen LogP contribution in [0.5, 0.6) is 0 Å². The number of anilines is 1. The molecule has 0 aliphatic carbocycles. The lowest BCUT2D eigenvalue weighted by molar-refractivity contribution is 0.240. The Balaban J connectivity index is 1.52. The van der Waals surface area contributed by atoms with Crippen molar-refractivity contribution in [3.63, 3.8) is 0 Å². The second-order valence-corrected chi connectivity index (χ2v) is 8.02. The molecule has 158 valence electrons. The maximum atomic E-state index is 13.0. The Morgan fingerprint density at radius 3 is 2.37 bits per heavy atom. The normalized spacial score (nSPS) is 11.1. The summed E-state index contributed by atoms with van der Waals surface area (Å²) >= 11 is 0. The van der Waals surface area contributed by atoms with Gasteiger partial charge in [0.05, 0.1) is 23.3 Å². The summed E-state index contributed by atoms with van der Waals surface area (Å²) in [5.74, 6) is -0.452. The van der Waals surface area contributed by atoms with Crippen molar-refractivity contribution in [3.8, 4) is 0 Å². The number of carbonyl (C=O) groups is 1. The van der Waals surface area contributed by atoms with Gasteiger partial charge in [-0.1, -0.05) is 17.3 Å². The number of nitrogens with one attached hydrogen (secondary N) is 3. The average molecular weight is 432 g/mol. The van der Waals surface area contributed by atoms with Gasteiger partial charge in [0, 0.05) is 18.8 Å². The third kappa shape index (κ3) is 5.54. The minimum atomic E-state index is -3.80. The van der Waals surface area contributed by atoms with Crippen molar-refractivity contribution in [2.75, 3.05) is 4.72 Å². The molecule has 0 radical (unpaired) electrons. The minimum Gasteiger partial charge on any atom is -0.334 e. The van der Waals surface area contributed by atoms with Crippen LogP contribution in [0.25, 0.3) is 0 Å². The summed E-state index contributed by atoms with van der Waals surface area (Å²) < 4.78 is 41.9. The minimum absolute atomic E-state index is 0.0559. The zero-order chi connectivity index (χ0) is 21.6. The van der Waals surface area contributed by atoms with Crippen molar-refractivity contribution in [2.24, 2.45) is 0 Å². The van der Waals surface area contributed by atoms with E-state index in [2.05, 4.69) is 25.7 Å². The van der Waals surface area contributed by atoms with Crippen LogP contribution in [0.1, 0.15) is 18.2 Å². The van der Waals surface area contributed by atoms with E-state index in [0.29, 0.717) is 13.1 Å². The fourth-order valence-corrected chi connectivity index (χ4v) is 3.67. The van der Waals surface area contributed by atoms with Crippen LogP contribution in [0.4, 0.5) is 14.9 Å². The number of nitrogens with zero attached hydrogens (tertiary/aromatic N) is 3. The largest absolute Gasteiger partial charge is 0.334 e. The standard InChI is InChI=1S/C19H21FN6O3S/c1-2-26-17(13-23-25-26)12-22-19(27)21-11-14-3-9-18(10-4-14)30(28,29)24-16-7-5-15(20)6-8-16/h3-10,13,24H,2,11-12H2,1H3,(H2,21,22,27). The molecule has 3 rings (SSSR count). The van der Waals surface area contributed by atoms with Crippen LogP contribution in [-0.2, 0) is 29.7 Å². The van der Waals surface area contributed by atoms with Crippen molar-refractivity contribution in [1.82, 2.24) is 25.6 Å². The summed E-state index contributed by atoms with van der Waals surface area (Å²) in [7, 11) is -3.80. The zero-order valence-electron chi connectivity index (χ0n) is 16.2. The molecule has 3 aromatic rings. The van der Waals surface area contributed by atoms with Gasteiger partial charge in [0.2, 0.25) is 0 Å². The summed E-state index contributed by atoms with van der Waals surface area (Å²) in [5, 5.41) is 13.1. The molecule has 2 amide bonds. The first-order valence-corrected chi connectivity index (χ1v) is 10.6. The van der Waals surface area contributed by atoms with Gasteiger partial charge in [-0.05, 0) is 48.9 Å². The molecular weight excluding hydrogens is 411 g/mol. The van der Waals surface area contributed by atoms with Crippen LogP contribution in [0, 0.1) is 5.82 Å². The summed E-state index contributed by atoms with van der Waals surface area (Å²) in [6.07, 6.45) is 1.59. The smallest absolute Gasteiger partial charge is 0.315 e. The number of sulfonamides is 1. The molecule has 1 heterocycles. The van der Waals surface area contributed by atoms with E-state index in [4.69, 9.17) is 0 Å². The van der Waals surface area contributed by atoms with Crippen LogP contribution in [0.15, 0.2) is 59.6 Å². The molecule has 0 saturated heterocycles. The summed E-state index contributed by atoms with van der Waals surface area (Å²) in [5.41, 5.74) is 1.78. The van der Waals surface area contributed by atoms with Gasteiger partial charge in [-0.25, -0.2) is 22.3 Å². The van der Waals surface area contributed by atoms with Gasteiger partial charge in [0.25, 0.3) is 10.0 Å². The third-order valence-electron chi connectivity index (χ3n) is 4.21. The van der Waals surface area contributed by atoms with Crippen molar-refractivity contribution < 1.29 is 17.6 Å². The van der Waals surface area contributed by atoms with Gasteiger partial charge in [-0.15, -0.1) is 5.10 Å². The highest BCUT2D eigenvalue weighted by atomic mass is 32.2. The number of urea groups is 1. The van der Waals surface area contributed by atoms with Gasteiger partial charge >= 0.3 is 6.03 Å². The lowest BCUT2D eigenvalue weighted by Gasteiger charge is -2.10. The van der Waals surface area contributed by atoms with Gasteiger partial charge in [0.15, 0.2) is 0 Å². The molecule has 0 spiro atoms. The van der Waals surface area contributed by atoms with E-state index in [1.807, 2.05) is 6.92 Å². The van der Waals surface area contributed by atoms with E-state index < -0.39 is 15.8 Å². The molecule has 0 aliphatic rings. The van der Waals surface area contributed by atoms with Gasteiger partial charge in [-0.3, -0.25) is 4.72 Å². The number of benzene rings is 2. The Morgan fingerprint density at radius 1 is 1.03 bits per heavy atom. The Kier molecular flexibility index (Phi) is 6.62. The lowest BCUT2D eigenvalue weighted by Crippen LogP contribution is -2.35. The SMILES string of the molecule is CCn1nncc1CNC(=O)NCc1ccc(S(=O)(=O)Nc2ccc(F)cc2)cc1. The predicted molar refractivity (Wildman–Crippen MR) is 108 cm³/mol. The third-order valence-corrected chi connectivity index (χ3v) is 5.61. The van der Waals surface area contributed by atoms with Crippen LogP contribution < -0.4 is 15.4 Å². The van der Waals surface area contributed by atoms with Gasteiger partial charge in [-0.2, -0.15) is 0 Å². The first kappa shape index (κ1) is 21.2. The molecule has 0 saturated carbocycles. The molecule has 0 aliphatic heterocycles. The maximum Gasteiger partial charge on any atom is 0.315 e. The van der Waals surface area contributed by atoms with E-state index in [9.17, 15) is 17.6 Å². The highest BCUT2D eigenvalue weighted by Crippen LogP contribution is 2.17. The van der Waals surface area contributed by atoms with E-state index in [0.717, 1.165) is 11.3 Å². The number of aryl methyl sites for hydroxylation is 1. The number of hydrogen-bond donors (Lipinski definition) is 3. The second kappa shape index (κ2) is 9.35. The highest BCUT2D eigenvalue weighted by molar-refractivity contribution is 7.92. The number of hydrogen-bond acceptors (Lipinski definition) is 5. The zero-order valence-corrected chi connectivity index (χ0v) is 17.0. The first-order chi connectivity index (χ1) is 14.4. The van der Waals surface area contributed by atoms with E-state index in [1.54, 1.807) is 23.0 Å². The average Bonchev–Trinajstić information content (AvgIpc) is 3.20. The molecule has 0 fully saturated rings. The number of rotatable bonds is 8. The quantitative estimate of drug-likeness (QED) is 0.505. The highest BCUT2D eigenvalue weighted by Gasteiger charge is 2.14. The molecular formula is C19H21FN6O3S. The van der Waals surface area contributed by atoms with Crippen molar-refractivity contribution in [1.29, 1.82) is 0 Å². The van der Waals surface area contributed by atoms with E-state index in [-0.39, 0.29) is 23.2 Å². The monoisotopic (exact) mass is 432 g/mol. The van der Waals surface area contributed by atoms with Crippen LogP contribution in [-0.4, -0.2) is 29.4 Å². The second-order valence-electron chi connectivity index (χ2n) is 6.33. The molecule has 9 nitrogen and oxygen atoms in total. The van der Waals surface area contributed by atoms with Crippen molar-refractivity contribution >= 4 is 21.7 Å². The Bertz CT molecular complexity index is 1100. The number of aromatic nitrogens is 3. The van der Waals surface area contributed by atoms with Crippen LogP contribution >= 0.6 is 0 Å². The Hall–Kier alpha value is -3.47. The van der Waals surface area contributed by atoms with Crippen LogP contribution in [0.2, 0.25) is 0 Å².